The molecule has 8 nitrogen and oxygen atoms in total. The first-order valence-electron chi connectivity index (χ1n) is 13.1. The molecule has 210 valence electrons. The van der Waals surface area contributed by atoms with Crippen LogP contribution in [0.25, 0.3) is 0 Å². The first-order valence-corrected chi connectivity index (χ1v) is 14.6. The average Bonchev–Trinajstić information content (AvgIpc) is 2.99. The second kappa shape index (κ2) is 13.1. The van der Waals surface area contributed by atoms with E-state index in [9.17, 15) is 18.0 Å². The highest BCUT2D eigenvalue weighted by atomic mass is 32.2. The Labute approximate surface area is 240 Å². The zero-order valence-electron chi connectivity index (χ0n) is 23.1. The van der Waals surface area contributed by atoms with E-state index < -0.39 is 22.5 Å². The average molecular weight is 569 g/mol. The van der Waals surface area contributed by atoms with Gasteiger partial charge in [-0.1, -0.05) is 74.5 Å². The molecular formula is C32H32N4O4S. The third-order valence-corrected chi connectivity index (χ3v) is 8.18. The van der Waals surface area contributed by atoms with E-state index >= 15 is 0 Å². The molecule has 4 aromatic carbocycles. The van der Waals surface area contributed by atoms with Crippen LogP contribution in [0.4, 0.5) is 11.4 Å². The topological polar surface area (TPSA) is 108 Å². The van der Waals surface area contributed by atoms with Crippen molar-refractivity contribution >= 4 is 38.9 Å². The fourth-order valence-electron chi connectivity index (χ4n) is 4.05. The van der Waals surface area contributed by atoms with Gasteiger partial charge in [0.05, 0.1) is 16.3 Å². The summed E-state index contributed by atoms with van der Waals surface area (Å²) in [6.45, 7) is 5.34. The summed E-state index contributed by atoms with van der Waals surface area (Å²) in [5.41, 5.74) is 6.16. The predicted octanol–water partition coefficient (Wildman–Crippen LogP) is 5.80. The molecule has 0 bridgehead atoms. The minimum atomic E-state index is -4.03. The van der Waals surface area contributed by atoms with Gasteiger partial charge in [-0.05, 0) is 72.5 Å². The highest BCUT2D eigenvalue weighted by Crippen LogP contribution is 2.26. The van der Waals surface area contributed by atoms with Crippen LogP contribution in [0.3, 0.4) is 0 Å². The fraction of sp³-hybridized carbons (Fsp3) is 0.156. The Morgan fingerprint density at radius 3 is 2.05 bits per heavy atom. The van der Waals surface area contributed by atoms with Crippen LogP contribution < -0.4 is 15.0 Å². The molecule has 9 heteroatoms. The Balaban J connectivity index is 1.51. The van der Waals surface area contributed by atoms with E-state index in [0.717, 1.165) is 9.87 Å². The number of hydrazone groups is 1. The molecule has 2 amide bonds. The highest BCUT2D eigenvalue weighted by Gasteiger charge is 2.27. The lowest BCUT2D eigenvalue weighted by molar-refractivity contribution is -0.119. The largest absolute Gasteiger partial charge is 0.322 e. The van der Waals surface area contributed by atoms with Crippen LogP contribution in [-0.2, 0) is 14.8 Å². The second-order valence-corrected chi connectivity index (χ2v) is 11.6. The molecule has 0 saturated carbocycles. The van der Waals surface area contributed by atoms with Gasteiger partial charge in [-0.3, -0.25) is 13.9 Å². The lowest BCUT2D eigenvalue weighted by Gasteiger charge is -2.24. The number of nitrogens with one attached hydrogen (secondary N) is 2. The summed E-state index contributed by atoms with van der Waals surface area (Å²) in [4.78, 5) is 25.6. The first-order chi connectivity index (χ1) is 19.6. The van der Waals surface area contributed by atoms with Crippen molar-refractivity contribution in [2.75, 3.05) is 16.2 Å². The lowest BCUT2D eigenvalue weighted by Crippen LogP contribution is -2.39. The van der Waals surface area contributed by atoms with E-state index in [1.807, 2.05) is 32.0 Å². The van der Waals surface area contributed by atoms with Gasteiger partial charge in [0.25, 0.3) is 21.8 Å². The molecular weight excluding hydrogens is 536 g/mol. The third-order valence-electron chi connectivity index (χ3n) is 6.39. The Morgan fingerprint density at radius 1 is 0.805 bits per heavy atom. The van der Waals surface area contributed by atoms with Crippen molar-refractivity contribution in [3.05, 3.63) is 126 Å². The van der Waals surface area contributed by atoms with Gasteiger partial charge in [0.1, 0.15) is 6.54 Å². The van der Waals surface area contributed by atoms with Crippen molar-refractivity contribution in [3.63, 3.8) is 0 Å². The molecule has 0 spiro atoms. The molecule has 0 saturated heterocycles. The Hall–Kier alpha value is -4.76. The molecule has 0 heterocycles. The Bertz CT molecular complexity index is 1640. The van der Waals surface area contributed by atoms with Crippen LogP contribution in [0.15, 0.2) is 119 Å². The number of benzene rings is 4. The van der Waals surface area contributed by atoms with Gasteiger partial charge in [-0.15, -0.1) is 0 Å². The minimum absolute atomic E-state index is 0.0785. The summed E-state index contributed by atoms with van der Waals surface area (Å²) in [5.74, 6) is -0.578. The van der Waals surface area contributed by atoms with Crippen LogP contribution in [0.5, 0.6) is 0 Å². The number of rotatable bonds is 10. The van der Waals surface area contributed by atoms with Crippen molar-refractivity contribution < 1.29 is 18.0 Å². The number of anilines is 2. The molecule has 0 unspecified atom stereocenters. The number of carbonyl (C=O) groups is 2. The van der Waals surface area contributed by atoms with Crippen molar-refractivity contribution in [1.82, 2.24) is 5.43 Å². The van der Waals surface area contributed by atoms with Gasteiger partial charge >= 0.3 is 0 Å². The third kappa shape index (κ3) is 7.46. The van der Waals surface area contributed by atoms with Crippen LogP contribution in [0.2, 0.25) is 0 Å². The summed E-state index contributed by atoms with van der Waals surface area (Å²) < 4.78 is 28.2. The van der Waals surface area contributed by atoms with E-state index in [0.29, 0.717) is 28.2 Å². The number of hydrogen-bond acceptors (Lipinski definition) is 5. The summed E-state index contributed by atoms with van der Waals surface area (Å²) in [5, 5.41) is 7.05. The van der Waals surface area contributed by atoms with Gasteiger partial charge in [-0.25, -0.2) is 13.8 Å². The SMILES string of the molecule is C/C(=N/NC(=O)CN(c1ccc(C(C)C)cc1)S(=O)(=O)c1ccccc1)c1cccc(NC(=O)c2ccccc2)c1. The molecule has 4 rings (SSSR count). The van der Waals surface area contributed by atoms with E-state index in [1.165, 1.54) is 12.1 Å². The Morgan fingerprint density at radius 2 is 1.41 bits per heavy atom. The number of hydrogen-bond donors (Lipinski definition) is 2. The maximum atomic E-state index is 13.6. The first kappa shape index (κ1) is 29.2. The normalized spacial score (nSPS) is 11.7. The number of amides is 2. The smallest absolute Gasteiger partial charge is 0.264 e. The second-order valence-electron chi connectivity index (χ2n) is 9.70. The molecule has 0 atom stereocenters. The molecule has 0 radical (unpaired) electrons. The lowest BCUT2D eigenvalue weighted by atomic mass is 10.0. The van der Waals surface area contributed by atoms with Gasteiger partial charge in [0.2, 0.25) is 0 Å². The van der Waals surface area contributed by atoms with Crippen molar-refractivity contribution in [2.45, 2.75) is 31.6 Å². The van der Waals surface area contributed by atoms with Crippen LogP contribution in [0.1, 0.15) is 48.2 Å². The van der Waals surface area contributed by atoms with E-state index in [4.69, 9.17) is 0 Å². The molecule has 0 aliphatic rings. The standard InChI is InChI=1S/C32H32N4O4S/c1-23(2)25-17-19-29(20-18-25)36(41(39,40)30-15-8-5-9-16-30)22-31(37)35-34-24(3)27-13-10-14-28(21-27)33-32(38)26-11-6-4-7-12-26/h4-21,23H,22H2,1-3H3,(H,33,38)(H,35,37)/b34-24-. The summed E-state index contributed by atoms with van der Waals surface area (Å²) in [6, 6.07) is 31.0. The fourth-order valence-corrected chi connectivity index (χ4v) is 5.49. The number of nitrogens with zero attached hydrogens (tertiary/aromatic N) is 2. The van der Waals surface area contributed by atoms with E-state index in [2.05, 4.69) is 15.8 Å². The minimum Gasteiger partial charge on any atom is -0.322 e. The van der Waals surface area contributed by atoms with E-state index in [1.54, 1.807) is 85.8 Å². The van der Waals surface area contributed by atoms with Gasteiger partial charge in [-0.2, -0.15) is 5.10 Å². The van der Waals surface area contributed by atoms with Gasteiger partial charge in [0.15, 0.2) is 0 Å². The summed E-state index contributed by atoms with van der Waals surface area (Å²) >= 11 is 0. The predicted molar refractivity (Wildman–Crippen MR) is 163 cm³/mol. The Kier molecular flexibility index (Phi) is 9.31. The highest BCUT2D eigenvalue weighted by molar-refractivity contribution is 7.92. The van der Waals surface area contributed by atoms with Gasteiger partial charge < -0.3 is 5.32 Å². The quantitative estimate of drug-likeness (QED) is 0.186. The van der Waals surface area contributed by atoms with Crippen molar-refractivity contribution in [2.24, 2.45) is 5.10 Å². The summed E-state index contributed by atoms with van der Waals surface area (Å²) in [7, 11) is -4.03. The molecule has 0 fully saturated rings. The zero-order chi connectivity index (χ0) is 29.4. The van der Waals surface area contributed by atoms with Crippen LogP contribution in [0, 0.1) is 0 Å². The zero-order valence-corrected chi connectivity index (χ0v) is 23.9. The maximum Gasteiger partial charge on any atom is 0.264 e. The molecule has 0 aliphatic heterocycles. The van der Waals surface area contributed by atoms with Crippen LogP contribution >= 0.6 is 0 Å². The molecule has 4 aromatic rings. The van der Waals surface area contributed by atoms with Gasteiger partial charge in [0, 0.05) is 11.3 Å². The maximum absolute atomic E-state index is 13.6. The van der Waals surface area contributed by atoms with Crippen LogP contribution in [-0.4, -0.2) is 32.5 Å². The van der Waals surface area contributed by atoms with Crippen molar-refractivity contribution in [1.29, 1.82) is 0 Å². The molecule has 0 aliphatic carbocycles. The molecule has 0 aromatic heterocycles. The number of carbonyl (C=O) groups excluding carboxylic acids is 2. The monoisotopic (exact) mass is 568 g/mol. The summed E-state index contributed by atoms with van der Waals surface area (Å²) in [6.07, 6.45) is 0. The van der Waals surface area contributed by atoms with Crippen molar-refractivity contribution in [3.8, 4) is 0 Å². The van der Waals surface area contributed by atoms with E-state index in [-0.39, 0.29) is 16.7 Å². The number of sulfonamides is 1. The molecule has 2 N–H and O–H groups in total. The molecule has 41 heavy (non-hydrogen) atoms.